The summed E-state index contributed by atoms with van der Waals surface area (Å²) in [5.41, 5.74) is 1.75. The number of aliphatic carboxylic acids is 1. The predicted molar refractivity (Wildman–Crippen MR) is 83.0 cm³/mol. The number of allylic oxidation sites excluding steroid dienone is 1. The van der Waals surface area contributed by atoms with Crippen LogP contribution in [-0.4, -0.2) is 29.1 Å². The molecule has 6 heteroatoms. The lowest BCUT2D eigenvalue weighted by Gasteiger charge is -2.27. The van der Waals surface area contributed by atoms with E-state index in [4.69, 9.17) is 9.84 Å². The van der Waals surface area contributed by atoms with Gasteiger partial charge in [0.15, 0.2) is 5.78 Å². The zero-order valence-electron chi connectivity index (χ0n) is 11.9. The molecule has 1 saturated carbocycles. The highest BCUT2D eigenvalue weighted by molar-refractivity contribution is 9.10. The van der Waals surface area contributed by atoms with Crippen molar-refractivity contribution in [1.29, 1.82) is 0 Å². The Morgan fingerprint density at radius 3 is 2.82 bits per heavy atom. The van der Waals surface area contributed by atoms with Crippen LogP contribution in [0.1, 0.15) is 36.3 Å². The quantitative estimate of drug-likeness (QED) is 0.857. The molecule has 0 unspecified atom stereocenters. The fourth-order valence-corrected chi connectivity index (χ4v) is 4.13. The van der Waals surface area contributed by atoms with Crippen LogP contribution in [-0.2, 0) is 9.59 Å². The number of ketones is 1. The molecule has 3 rings (SSSR count). The molecule has 2 aliphatic carbocycles. The molecule has 2 aliphatic rings. The minimum absolute atomic E-state index is 0.0306. The van der Waals surface area contributed by atoms with Crippen LogP contribution in [0.15, 0.2) is 22.2 Å². The number of carbonyl (C=O) groups is 2. The molecule has 2 N–H and O–H groups in total. The highest BCUT2D eigenvalue weighted by Crippen LogP contribution is 2.53. The number of carbonyl (C=O) groups excluding carboxylic acids is 1. The lowest BCUT2D eigenvalue weighted by molar-refractivity contribution is -0.138. The van der Waals surface area contributed by atoms with Crippen molar-refractivity contribution in [3.8, 4) is 5.75 Å². The van der Waals surface area contributed by atoms with Crippen LogP contribution in [0.3, 0.4) is 0 Å². The summed E-state index contributed by atoms with van der Waals surface area (Å²) in [5, 5.41) is 19.5. The standard InChI is InChI=1S/C16H15BrO5/c1-22-11-3-2-9(17)13-8-4-7(6-12(19)20)5-10(18)14(8)16(21)15(11)13/h2-3,7-8,21H,4-6H2,1H3,(H,19,20)/t7-,8-/m0/s1. The predicted octanol–water partition coefficient (Wildman–Crippen LogP) is 3.28. The van der Waals surface area contributed by atoms with E-state index >= 15 is 0 Å². The summed E-state index contributed by atoms with van der Waals surface area (Å²) >= 11 is 3.47. The molecule has 1 fully saturated rings. The van der Waals surface area contributed by atoms with Crippen LogP contribution < -0.4 is 4.74 Å². The van der Waals surface area contributed by atoms with Gasteiger partial charge in [-0.1, -0.05) is 15.9 Å². The number of carboxylic acids is 1. The summed E-state index contributed by atoms with van der Waals surface area (Å²) in [4.78, 5) is 23.3. The zero-order valence-corrected chi connectivity index (χ0v) is 13.5. The topological polar surface area (TPSA) is 83.8 Å². The molecule has 2 atom stereocenters. The van der Waals surface area contributed by atoms with Crippen molar-refractivity contribution in [2.45, 2.75) is 25.2 Å². The number of hydrogen-bond acceptors (Lipinski definition) is 4. The summed E-state index contributed by atoms with van der Waals surface area (Å²) in [6.07, 6.45) is 0.666. The van der Waals surface area contributed by atoms with E-state index in [1.165, 1.54) is 7.11 Å². The van der Waals surface area contributed by atoms with Gasteiger partial charge in [-0.05, 0) is 30.0 Å². The van der Waals surface area contributed by atoms with Gasteiger partial charge in [-0.3, -0.25) is 9.59 Å². The van der Waals surface area contributed by atoms with Crippen molar-refractivity contribution in [2.75, 3.05) is 7.11 Å². The Balaban J connectivity index is 2.10. The van der Waals surface area contributed by atoms with Crippen LogP contribution in [0.5, 0.6) is 5.75 Å². The first-order chi connectivity index (χ1) is 10.4. The molecule has 1 aromatic rings. The first-order valence-corrected chi connectivity index (χ1v) is 7.78. The van der Waals surface area contributed by atoms with Crippen molar-refractivity contribution in [1.82, 2.24) is 0 Å². The zero-order chi connectivity index (χ0) is 16.0. The van der Waals surface area contributed by atoms with Crippen LogP contribution in [0.25, 0.3) is 5.76 Å². The molecule has 0 bridgehead atoms. The molecule has 0 aliphatic heterocycles. The normalized spacial score (nSPS) is 23.3. The third kappa shape index (κ3) is 2.22. The van der Waals surface area contributed by atoms with Gasteiger partial charge >= 0.3 is 5.97 Å². The number of rotatable bonds is 3. The molecule has 1 aromatic carbocycles. The summed E-state index contributed by atoms with van der Waals surface area (Å²) in [7, 11) is 1.51. The number of methoxy groups -OCH3 is 1. The molecule has 5 nitrogen and oxygen atoms in total. The van der Waals surface area contributed by atoms with Crippen molar-refractivity contribution in [3.63, 3.8) is 0 Å². The van der Waals surface area contributed by atoms with Crippen LogP contribution in [0.4, 0.5) is 0 Å². The molecule has 22 heavy (non-hydrogen) atoms. The molecular formula is C16H15BrO5. The second-order valence-electron chi connectivity index (χ2n) is 5.68. The second kappa shape index (κ2) is 5.43. The Kier molecular flexibility index (Phi) is 3.72. The Morgan fingerprint density at radius 1 is 1.45 bits per heavy atom. The highest BCUT2D eigenvalue weighted by Gasteiger charge is 2.43. The molecule has 0 saturated heterocycles. The summed E-state index contributed by atoms with van der Waals surface area (Å²) in [5.74, 6) is -1.08. The van der Waals surface area contributed by atoms with Gasteiger partial charge in [-0.15, -0.1) is 0 Å². The molecule has 0 radical (unpaired) electrons. The number of aliphatic hydroxyl groups is 1. The Morgan fingerprint density at radius 2 is 2.18 bits per heavy atom. The van der Waals surface area contributed by atoms with E-state index in [-0.39, 0.29) is 36.2 Å². The maximum Gasteiger partial charge on any atom is 0.303 e. The summed E-state index contributed by atoms with van der Waals surface area (Å²) < 4.78 is 6.09. The Labute approximate surface area is 135 Å². The number of hydrogen-bond donors (Lipinski definition) is 2. The van der Waals surface area contributed by atoms with Crippen molar-refractivity contribution in [2.24, 2.45) is 5.92 Å². The first-order valence-electron chi connectivity index (χ1n) is 6.98. The lowest BCUT2D eigenvalue weighted by atomic mass is 9.75. The lowest BCUT2D eigenvalue weighted by Crippen LogP contribution is -2.25. The van der Waals surface area contributed by atoms with Crippen LogP contribution in [0.2, 0.25) is 0 Å². The van der Waals surface area contributed by atoms with E-state index in [1.807, 2.05) is 6.07 Å². The van der Waals surface area contributed by atoms with Gasteiger partial charge < -0.3 is 14.9 Å². The average Bonchev–Trinajstić information content (AvgIpc) is 2.74. The van der Waals surface area contributed by atoms with E-state index in [0.717, 1.165) is 10.0 Å². The summed E-state index contributed by atoms with van der Waals surface area (Å²) in [6.45, 7) is 0. The molecule has 0 aromatic heterocycles. The smallest absolute Gasteiger partial charge is 0.303 e. The number of halogens is 1. The minimum Gasteiger partial charge on any atom is -0.507 e. The second-order valence-corrected chi connectivity index (χ2v) is 6.53. The molecule has 0 spiro atoms. The number of ether oxygens (including phenoxy) is 1. The number of carboxylic acid groups (broad SMARTS) is 1. The fourth-order valence-electron chi connectivity index (χ4n) is 3.53. The molecule has 116 valence electrons. The van der Waals surface area contributed by atoms with E-state index in [0.29, 0.717) is 23.3 Å². The van der Waals surface area contributed by atoms with E-state index in [2.05, 4.69) is 15.9 Å². The Hall–Kier alpha value is -1.82. The first kappa shape index (κ1) is 15.1. The van der Waals surface area contributed by atoms with E-state index in [1.54, 1.807) is 6.07 Å². The SMILES string of the molecule is COc1ccc(Br)c2c1C(O)=C1C(=O)C[C@@H](CC(=O)O)C[C@H]12. The molecule has 0 amide bonds. The van der Waals surface area contributed by atoms with Crippen LogP contribution in [0, 0.1) is 5.92 Å². The van der Waals surface area contributed by atoms with Gasteiger partial charge in [-0.2, -0.15) is 0 Å². The fraction of sp³-hybridized carbons (Fsp3) is 0.375. The third-order valence-corrected chi connectivity index (χ3v) is 5.06. The van der Waals surface area contributed by atoms with Crippen molar-refractivity contribution >= 4 is 33.4 Å². The number of aliphatic hydroxyl groups excluding tert-OH is 1. The molecular weight excluding hydrogens is 352 g/mol. The number of fused-ring (bicyclic) bond motifs is 3. The largest absolute Gasteiger partial charge is 0.507 e. The van der Waals surface area contributed by atoms with Crippen LogP contribution >= 0.6 is 15.9 Å². The summed E-state index contributed by atoms with van der Waals surface area (Å²) in [6, 6.07) is 3.55. The van der Waals surface area contributed by atoms with Gasteiger partial charge in [0.2, 0.25) is 0 Å². The monoisotopic (exact) mass is 366 g/mol. The van der Waals surface area contributed by atoms with Gasteiger partial charge in [0.1, 0.15) is 11.5 Å². The maximum absolute atomic E-state index is 12.4. The van der Waals surface area contributed by atoms with Gasteiger partial charge in [0, 0.05) is 28.8 Å². The van der Waals surface area contributed by atoms with E-state index in [9.17, 15) is 14.7 Å². The maximum atomic E-state index is 12.4. The highest BCUT2D eigenvalue weighted by atomic mass is 79.9. The van der Waals surface area contributed by atoms with Gasteiger partial charge in [0.05, 0.1) is 12.7 Å². The Bertz CT molecular complexity index is 707. The van der Waals surface area contributed by atoms with Gasteiger partial charge in [-0.25, -0.2) is 0 Å². The van der Waals surface area contributed by atoms with Crippen molar-refractivity contribution in [3.05, 3.63) is 33.3 Å². The molecule has 0 heterocycles. The third-order valence-electron chi connectivity index (χ3n) is 4.37. The number of benzene rings is 1. The van der Waals surface area contributed by atoms with E-state index < -0.39 is 5.97 Å². The van der Waals surface area contributed by atoms with Gasteiger partial charge in [0.25, 0.3) is 0 Å². The van der Waals surface area contributed by atoms with Crippen molar-refractivity contribution < 1.29 is 24.5 Å². The average molecular weight is 367 g/mol. The number of Topliss-reactive ketones (excluding diaryl/α,β-unsaturated/α-hetero) is 1. The minimum atomic E-state index is -0.905.